The summed E-state index contributed by atoms with van der Waals surface area (Å²) in [6.07, 6.45) is 0. The Hall–Kier alpha value is -2.01. The van der Waals surface area contributed by atoms with Crippen LogP contribution in [-0.2, 0) is 0 Å². The van der Waals surface area contributed by atoms with Gasteiger partial charge in [0.2, 0.25) is 0 Å². The Morgan fingerprint density at radius 1 is 1.24 bits per heavy atom. The SMILES string of the molecule is CCSc1cccc(Oc2cccc(C)c2F)c1C(=N)N. The summed E-state index contributed by atoms with van der Waals surface area (Å²) in [5, 5.41) is 7.75. The predicted octanol–water partition coefficient (Wildman–Crippen LogP) is 4.32. The Balaban J connectivity index is 2.46. The van der Waals surface area contributed by atoms with E-state index >= 15 is 0 Å². The van der Waals surface area contributed by atoms with Gasteiger partial charge in [-0.25, -0.2) is 4.39 Å². The number of hydrogen-bond donors (Lipinski definition) is 2. The van der Waals surface area contributed by atoms with E-state index in [1.54, 1.807) is 43.0 Å². The van der Waals surface area contributed by atoms with Gasteiger partial charge in [0.05, 0.1) is 5.56 Å². The molecule has 5 heteroatoms. The van der Waals surface area contributed by atoms with Crippen molar-refractivity contribution in [1.29, 1.82) is 5.41 Å². The number of aryl methyl sites for hydroxylation is 1. The average Bonchev–Trinajstić information content (AvgIpc) is 2.44. The lowest BCUT2D eigenvalue weighted by atomic mass is 10.1. The van der Waals surface area contributed by atoms with Crippen molar-refractivity contribution in [3.63, 3.8) is 0 Å². The van der Waals surface area contributed by atoms with E-state index in [4.69, 9.17) is 15.9 Å². The smallest absolute Gasteiger partial charge is 0.168 e. The largest absolute Gasteiger partial charge is 0.453 e. The molecule has 0 atom stereocenters. The van der Waals surface area contributed by atoms with Crippen molar-refractivity contribution < 1.29 is 9.13 Å². The fraction of sp³-hybridized carbons (Fsp3) is 0.188. The normalized spacial score (nSPS) is 10.4. The number of nitrogen functional groups attached to an aromatic ring is 1. The molecular weight excluding hydrogens is 287 g/mol. The summed E-state index contributed by atoms with van der Waals surface area (Å²) in [6, 6.07) is 10.4. The summed E-state index contributed by atoms with van der Waals surface area (Å²) in [6.45, 7) is 3.69. The maximum Gasteiger partial charge on any atom is 0.168 e. The van der Waals surface area contributed by atoms with Crippen LogP contribution in [0.2, 0.25) is 0 Å². The molecule has 3 N–H and O–H groups in total. The first-order chi connectivity index (χ1) is 10.0. The average molecular weight is 304 g/mol. The predicted molar refractivity (Wildman–Crippen MR) is 85.1 cm³/mol. The lowest BCUT2D eigenvalue weighted by Crippen LogP contribution is -2.14. The van der Waals surface area contributed by atoms with E-state index in [-0.39, 0.29) is 11.6 Å². The van der Waals surface area contributed by atoms with E-state index in [2.05, 4.69) is 0 Å². The highest BCUT2D eigenvalue weighted by molar-refractivity contribution is 7.99. The van der Waals surface area contributed by atoms with Crippen LogP contribution >= 0.6 is 11.8 Å². The molecule has 0 saturated heterocycles. The van der Waals surface area contributed by atoms with Gasteiger partial charge in [0.1, 0.15) is 11.6 Å². The zero-order valence-corrected chi connectivity index (χ0v) is 12.8. The zero-order valence-electron chi connectivity index (χ0n) is 11.9. The van der Waals surface area contributed by atoms with Crippen molar-refractivity contribution in [2.75, 3.05) is 5.75 Å². The van der Waals surface area contributed by atoms with Gasteiger partial charge in [0.15, 0.2) is 11.6 Å². The summed E-state index contributed by atoms with van der Waals surface area (Å²) in [5.41, 5.74) is 6.68. The van der Waals surface area contributed by atoms with E-state index in [0.717, 1.165) is 10.6 Å². The fourth-order valence-corrected chi connectivity index (χ4v) is 2.80. The molecule has 110 valence electrons. The number of hydrogen-bond acceptors (Lipinski definition) is 3. The van der Waals surface area contributed by atoms with Crippen LogP contribution in [0.25, 0.3) is 0 Å². The highest BCUT2D eigenvalue weighted by atomic mass is 32.2. The zero-order chi connectivity index (χ0) is 15.4. The number of benzene rings is 2. The number of amidine groups is 1. The number of nitrogens with one attached hydrogen (secondary N) is 1. The van der Waals surface area contributed by atoms with Crippen LogP contribution in [-0.4, -0.2) is 11.6 Å². The second-order valence-corrected chi connectivity index (χ2v) is 5.77. The minimum Gasteiger partial charge on any atom is -0.453 e. The molecule has 0 fully saturated rings. The van der Waals surface area contributed by atoms with Crippen LogP contribution in [0.1, 0.15) is 18.1 Å². The molecule has 0 aliphatic heterocycles. The van der Waals surface area contributed by atoms with E-state index in [1.165, 1.54) is 0 Å². The molecule has 0 amide bonds. The van der Waals surface area contributed by atoms with Crippen molar-refractivity contribution >= 4 is 17.6 Å². The molecule has 2 aromatic rings. The van der Waals surface area contributed by atoms with E-state index in [9.17, 15) is 4.39 Å². The Morgan fingerprint density at radius 3 is 2.57 bits per heavy atom. The summed E-state index contributed by atoms with van der Waals surface area (Å²) in [7, 11) is 0. The summed E-state index contributed by atoms with van der Waals surface area (Å²) < 4.78 is 19.7. The Kier molecular flexibility index (Phi) is 4.85. The molecule has 21 heavy (non-hydrogen) atoms. The number of nitrogens with two attached hydrogens (primary N) is 1. The van der Waals surface area contributed by atoms with Crippen LogP contribution in [0.3, 0.4) is 0 Å². The van der Waals surface area contributed by atoms with Gasteiger partial charge in [-0.1, -0.05) is 25.1 Å². The van der Waals surface area contributed by atoms with Gasteiger partial charge in [0, 0.05) is 4.90 Å². The quantitative estimate of drug-likeness (QED) is 0.491. The third-order valence-corrected chi connectivity index (χ3v) is 3.87. The van der Waals surface area contributed by atoms with Crippen molar-refractivity contribution in [3.05, 3.63) is 53.3 Å². The number of halogens is 1. The van der Waals surface area contributed by atoms with Crippen molar-refractivity contribution in [1.82, 2.24) is 0 Å². The number of ether oxygens (including phenoxy) is 1. The molecule has 0 aliphatic carbocycles. The fourth-order valence-electron chi connectivity index (χ4n) is 1.96. The number of rotatable bonds is 5. The minimum absolute atomic E-state index is 0.0883. The Labute approximate surface area is 127 Å². The molecule has 2 rings (SSSR count). The van der Waals surface area contributed by atoms with Crippen LogP contribution in [0, 0.1) is 18.2 Å². The van der Waals surface area contributed by atoms with Gasteiger partial charge in [-0.05, 0) is 36.4 Å². The van der Waals surface area contributed by atoms with Gasteiger partial charge in [-0.3, -0.25) is 5.41 Å². The molecule has 0 aliphatic rings. The third-order valence-electron chi connectivity index (χ3n) is 2.93. The third kappa shape index (κ3) is 3.36. The molecule has 0 spiro atoms. The van der Waals surface area contributed by atoms with Crippen LogP contribution in [0.5, 0.6) is 11.5 Å². The van der Waals surface area contributed by atoms with Gasteiger partial charge in [-0.15, -0.1) is 11.8 Å². The summed E-state index contributed by atoms with van der Waals surface area (Å²) in [4.78, 5) is 0.857. The maximum atomic E-state index is 14.1. The van der Waals surface area contributed by atoms with E-state index < -0.39 is 5.82 Å². The summed E-state index contributed by atoms with van der Waals surface area (Å²) in [5.74, 6) is 0.888. The first-order valence-corrected chi connectivity index (χ1v) is 7.56. The van der Waals surface area contributed by atoms with E-state index in [1.807, 2.05) is 19.1 Å². The molecule has 0 heterocycles. The molecule has 2 aromatic carbocycles. The molecule has 0 bridgehead atoms. The topological polar surface area (TPSA) is 59.1 Å². The first kappa shape index (κ1) is 15.4. The van der Waals surface area contributed by atoms with Gasteiger partial charge in [-0.2, -0.15) is 0 Å². The Morgan fingerprint density at radius 2 is 1.90 bits per heavy atom. The molecule has 0 radical (unpaired) electrons. The first-order valence-electron chi connectivity index (χ1n) is 6.57. The second-order valence-electron chi connectivity index (χ2n) is 4.47. The van der Waals surface area contributed by atoms with Crippen LogP contribution < -0.4 is 10.5 Å². The van der Waals surface area contributed by atoms with Gasteiger partial charge in [0.25, 0.3) is 0 Å². The van der Waals surface area contributed by atoms with E-state index in [0.29, 0.717) is 16.9 Å². The highest BCUT2D eigenvalue weighted by Crippen LogP contribution is 2.34. The van der Waals surface area contributed by atoms with Gasteiger partial charge >= 0.3 is 0 Å². The molecule has 0 saturated carbocycles. The van der Waals surface area contributed by atoms with Crippen molar-refractivity contribution in [3.8, 4) is 11.5 Å². The van der Waals surface area contributed by atoms with Crippen LogP contribution in [0.15, 0.2) is 41.3 Å². The molecular formula is C16H17FN2OS. The summed E-state index contributed by atoms with van der Waals surface area (Å²) >= 11 is 1.57. The lowest BCUT2D eigenvalue weighted by Gasteiger charge is -2.14. The molecule has 0 aromatic heterocycles. The second kappa shape index (κ2) is 6.63. The Bertz CT molecular complexity index is 673. The standard InChI is InChI=1S/C16H17FN2OS/c1-3-21-13-9-5-7-11(14(13)16(18)19)20-12-8-4-6-10(2)15(12)17/h4-9H,3H2,1-2H3,(H3,18,19). The monoisotopic (exact) mass is 304 g/mol. The number of thioether (sulfide) groups is 1. The highest BCUT2D eigenvalue weighted by Gasteiger charge is 2.15. The molecule has 0 unspecified atom stereocenters. The van der Waals surface area contributed by atoms with Gasteiger partial charge < -0.3 is 10.5 Å². The van der Waals surface area contributed by atoms with Crippen LogP contribution in [0.4, 0.5) is 4.39 Å². The minimum atomic E-state index is -0.402. The molecule has 3 nitrogen and oxygen atoms in total. The van der Waals surface area contributed by atoms with Crippen molar-refractivity contribution in [2.45, 2.75) is 18.7 Å². The maximum absolute atomic E-state index is 14.1. The van der Waals surface area contributed by atoms with Crippen molar-refractivity contribution in [2.24, 2.45) is 5.73 Å². The lowest BCUT2D eigenvalue weighted by molar-refractivity contribution is 0.438.